The molecular weight excluding hydrogens is 186 g/mol. The maximum Gasteiger partial charge on any atom is 0.148 e. The van der Waals surface area contributed by atoms with Gasteiger partial charge in [-0.25, -0.2) is 0 Å². The van der Waals surface area contributed by atoms with E-state index in [1.165, 1.54) is 16.5 Å². The van der Waals surface area contributed by atoms with Gasteiger partial charge in [-0.15, -0.1) is 6.42 Å². The van der Waals surface area contributed by atoms with Crippen molar-refractivity contribution in [1.82, 2.24) is 4.57 Å². The van der Waals surface area contributed by atoms with Crippen molar-refractivity contribution < 1.29 is 4.74 Å². The van der Waals surface area contributed by atoms with Gasteiger partial charge in [0.2, 0.25) is 0 Å². The number of hydrogen-bond acceptors (Lipinski definition) is 1. The zero-order valence-corrected chi connectivity index (χ0v) is 8.95. The van der Waals surface area contributed by atoms with E-state index >= 15 is 0 Å². The lowest BCUT2D eigenvalue weighted by Crippen LogP contribution is -1.93. The number of nitrogens with zero attached hydrogens (tertiary/aromatic N) is 1. The van der Waals surface area contributed by atoms with Crippen molar-refractivity contribution in [1.29, 1.82) is 0 Å². The first kappa shape index (κ1) is 9.67. The SMILES string of the molecule is C#CCOc1ccc2c(c1)c(C)cn2C. The van der Waals surface area contributed by atoms with Gasteiger partial charge in [0.1, 0.15) is 12.4 Å². The summed E-state index contributed by atoms with van der Waals surface area (Å²) in [5.74, 6) is 3.29. The summed E-state index contributed by atoms with van der Waals surface area (Å²) in [5, 5.41) is 1.21. The molecule has 76 valence electrons. The minimum absolute atomic E-state index is 0.317. The summed E-state index contributed by atoms with van der Waals surface area (Å²) >= 11 is 0. The fourth-order valence-electron chi connectivity index (χ4n) is 1.78. The van der Waals surface area contributed by atoms with Crippen molar-refractivity contribution in [2.24, 2.45) is 7.05 Å². The van der Waals surface area contributed by atoms with E-state index in [0.29, 0.717) is 6.61 Å². The second-order valence-corrected chi connectivity index (χ2v) is 3.59. The number of hydrogen-bond donors (Lipinski definition) is 0. The molecule has 1 aromatic heterocycles. The first-order valence-corrected chi connectivity index (χ1v) is 4.84. The third-order valence-corrected chi connectivity index (χ3v) is 2.48. The van der Waals surface area contributed by atoms with Crippen molar-refractivity contribution in [2.75, 3.05) is 6.61 Å². The highest BCUT2D eigenvalue weighted by Gasteiger charge is 2.03. The Balaban J connectivity index is 2.47. The van der Waals surface area contributed by atoms with Gasteiger partial charge in [-0.1, -0.05) is 5.92 Å². The minimum atomic E-state index is 0.317. The molecular formula is C13H13NO. The number of ether oxygens (including phenoxy) is 1. The maximum atomic E-state index is 5.38. The second kappa shape index (κ2) is 3.70. The minimum Gasteiger partial charge on any atom is -0.481 e. The molecule has 15 heavy (non-hydrogen) atoms. The first-order valence-electron chi connectivity index (χ1n) is 4.84. The zero-order chi connectivity index (χ0) is 10.8. The molecule has 0 aliphatic rings. The molecule has 0 fully saturated rings. The highest BCUT2D eigenvalue weighted by molar-refractivity contribution is 5.85. The predicted octanol–water partition coefficient (Wildman–Crippen LogP) is 2.50. The predicted molar refractivity (Wildman–Crippen MR) is 62.0 cm³/mol. The standard InChI is InChI=1S/C13H13NO/c1-4-7-15-11-5-6-13-12(8-11)10(2)9-14(13)3/h1,5-6,8-9H,7H2,2-3H3. The molecule has 0 saturated carbocycles. The second-order valence-electron chi connectivity index (χ2n) is 3.59. The van der Waals surface area contributed by atoms with Crippen molar-refractivity contribution in [3.05, 3.63) is 30.0 Å². The van der Waals surface area contributed by atoms with Gasteiger partial charge in [-0.05, 0) is 30.7 Å². The number of fused-ring (bicyclic) bond motifs is 1. The van der Waals surface area contributed by atoms with Crippen LogP contribution in [0.1, 0.15) is 5.56 Å². The molecule has 2 rings (SSSR count). The Morgan fingerprint density at radius 3 is 3.00 bits per heavy atom. The number of terminal acetylenes is 1. The fraction of sp³-hybridized carbons (Fsp3) is 0.231. The highest BCUT2D eigenvalue weighted by Crippen LogP contribution is 2.24. The first-order chi connectivity index (χ1) is 7.22. The molecule has 0 saturated heterocycles. The van der Waals surface area contributed by atoms with Crippen molar-refractivity contribution >= 4 is 10.9 Å². The van der Waals surface area contributed by atoms with Crippen molar-refractivity contribution in [3.8, 4) is 18.1 Å². The van der Waals surface area contributed by atoms with Gasteiger partial charge in [0.15, 0.2) is 0 Å². The van der Waals surface area contributed by atoms with Gasteiger partial charge in [0.25, 0.3) is 0 Å². The van der Waals surface area contributed by atoms with E-state index in [-0.39, 0.29) is 0 Å². The van der Waals surface area contributed by atoms with Crippen LogP contribution in [0.3, 0.4) is 0 Å². The van der Waals surface area contributed by atoms with Gasteiger partial charge >= 0.3 is 0 Å². The zero-order valence-electron chi connectivity index (χ0n) is 8.95. The van der Waals surface area contributed by atoms with Crippen LogP contribution in [0, 0.1) is 19.3 Å². The average Bonchev–Trinajstić information content (AvgIpc) is 2.52. The summed E-state index contributed by atoms with van der Waals surface area (Å²) in [6, 6.07) is 6.02. The van der Waals surface area contributed by atoms with E-state index in [1.54, 1.807) is 0 Å². The third kappa shape index (κ3) is 1.69. The Labute approximate surface area is 89.5 Å². The molecule has 0 amide bonds. The van der Waals surface area contributed by atoms with Crippen LogP contribution in [-0.2, 0) is 7.05 Å². The van der Waals surface area contributed by atoms with Crippen molar-refractivity contribution in [2.45, 2.75) is 6.92 Å². The summed E-state index contributed by atoms with van der Waals surface area (Å²) in [4.78, 5) is 0. The fourth-order valence-corrected chi connectivity index (χ4v) is 1.78. The van der Waals surface area contributed by atoms with E-state index in [0.717, 1.165) is 5.75 Å². The number of rotatable bonds is 2. The molecule has 0 aliphatic heterocycles. The van der Waals surface area contributed by atoms with Crippen LogP contribution >= 0.6 is 0 Å². The molecule has 2 nitrogen and oxygen atoms in total. The van der Waals surface area contributed by atoms with Crippen LogP contribution in [0.4, 0.5) is 0 Å². The Morgan fingerprint density at radius 2 is 2.27 bits per heavy atom. The molecule has 0 N–H and O–H groups in total. The smallest absolute Gasteiger partial charge is 0.148 e. The van der Waals surface area contributed by atoms with Crippen molar-refractivity contribution in [3.63, 3.8) is 0 Å². The molecule has 0 aliphatic carbocycles. The normalized spacial score (nSPS) is 10.2. The maximum absolute atomic E-state index is 5.38. The number of aromatic nitrogens is 1. The molecule has 0 spiro atoms. The van der Waals surface area contributed by atoms with Crippen LogP contribution in [-0.4, -0.2) is 11.2 Å². The summed E-state index contributed by atoms with van der Waals surface area (Å²) in [6.07, 6.45) is 7.25. The van der Waals surface area contributed by atoms with E-state index < -0.39 is 0 Å². The summed E-state index contributed by atoms with van der Waals surface area (Å²) < 4.78 is 7.49. The van der Waals surface area contributed by atoms with Gasteiger partial charge in [-0.3, -0.25) is 0 Å². The molecule has 0 radical (unpaired) electrons. The van der Waals surface area contributed by atoms with Crippen LogP contribution in [0.2, 0.25) is 0 Å². The van der Waals surface area contributed by atoms with Gasteiger partial charge in [0, 0.05) is 24.1 Å². The monoisotopic (exact) mass is 199 g/mol. The molecule has 2 aromatic rings. The van der Waals surface area contributed by atoms with Crippen LogP contribution < -0.4 is 4.74 Å². The van der Waals surface area contributed by atoms with E-state index in [1.807, 2.05) is 25.2 Å². The average molecular weight is 199 g/mol. The van der Waals surface area contributed by atoms with Crippen LogP contribution in [0.5, 0.6) is 5.75 Å². The van der Waals surface area contributed by atoms with Gasteiger partial charge < -0.3 is 9.30 Å². The Hall–Kier alpha value is -1.88. The largest absolute Gasteiger partial charge is 0.481 e. The summed E-state index contributed by atoms with van der Waals surface area (Å²) in [6.45, 7) is 2.41. The lowest BCUT2D eigenvalue weighted by Gasteiger charge is -2.03. The van der Waals surface area contributed by atoms with Crippen LogP contribution in [0.15, 0.2) is 24.4 Å². The topological polar surface area (TPSA) is 14.2 Å². The summed E-state index contributed by atoms with van der Waals surface area (Å²) in [7, 11) is 2.04. The Bertz CT molecular complexity index is 531. The molecule has 0 unspecified atom stereocenters. The lowest BCUT2D eigenvalue weighted by atomic mass is 10.2. The molecule has 0 bridgehead atoms. The molecule has 0 atom stereocenters. The van der Waals surface area contributed by atoms with Crippen LogP contribution in [0.25, 0.3) is 10.9 Å². The Morgan fingerprint density at radius 1 is 1.47 bits per heavy atom. The quantitative estimate of drug-likeness (QED) is 0.678. The van der Waals surface area contributed by atoms with E-state index in [9.17, 15) is 0 Å². The van der Waals surface area contributed by atoms with Gasteiger partial charge in [-0.2, -0.15) is 0 Å². The van der Waals surface area contributed by atoms with Gasteiger partial charge in [0.05, 0.1) is 0 Å². The molecule has 1 aromatic carbocycles. The van der Waals surface area contributed by atoms with E-state index in [2.05, 4.69) is 23.6 Å². The van der Waals surface area contributed by atoms with E-state index in [4.69, 9.17) is 11.2 Å². The molecule has 2 heteroatoms. The number of aryl methyl sites for hydroxylation is 2. The lowest BCUT2D eigenvalue weighted by molar-refractivity contribution is 0.371. The Kier molecular flexibility index (Phi) is 2.39. The summed E-state index contributed by atoms with van der Waals surface area (Å²) in [5.41, 5.74) is 2.46. The third-order valence-electron chi connectivity index (χ3n) is 2.48. The highest BCUT2D eigenvalue weighted by atomic mass is 16.5. The molecule has 1 heterocycles. The number of benzene rings is 1.